The molecule has 2 atom stereocenters. The predicted octanol–water partition coefficient (Wildman–Crippen LogP) is 6.16. The van der Waals surface area contributed by atoms with Gasteiger partial charge < -0.3 is 10.6 Å². The maximum Gasteiger partial charge on any atom is 0.244 e. The Morgan fingerprint density at radius 1 is 1.08 bits per heavy atom. The Hall–Kier alpha value is -2.26. The number of amides is 1. The normalized spacial score (nSPS) is 20.6. The van der Waals surface area contributed by atoms with Crippen molar-refractivity contribution in [3.05, 3.63) is 64.5 Å². The highest BCUT2D eigenvalue weighted by Crippen LogP contribution is 2.35. The second-order valence-corrected chi connectivity index (χ2v) is 15.0. The number of hydrogen-bond acceptors (Lipinski definition) is 5. The molecular weight excluding hydrogens is 526 g/mol. The molecule has 1 aromatic heterocycles. The summed E-state index contributed by atoms with van der Waals surface area (Å²) in [6.45, 7) is 8.94. The summed E-state index contributed by atoms with van der Waals surface area (Å²) >= 11 is 1.45. The van der Waals surface area contributed by atoms with Crippen molar-refractivity contribution < 1.29 is 13.2 Å². The Labute approximate surface area is 237 Å². The summed E-state index contributed by atoms with van der Waals surface area (Å²) in [6, 6.07) is 13.9. The highest BCUT2D eigenvalue weighted by molar-refractivity contribution is 7.89. The number of piperidine rings is 1. The lowest BCUT2D eigenvalue weighted by molar-refractivity contribution is -0.123. The molecule has 210 valence electrons. The van der Waals surface area contributed by atoms with Gasteiger partial charge in [-0.2, -0.15) is 4.31 Å². The predicted molar refractivity (Wildman–Crippen MR) is 159 cm³/mol. The van der Waals surface area contributed by atoms with E-state index in [1.165, 1.54) is 28.0 Å². The molecule has 8 heteroatoms. The molecule has 3 aromatic rings. The fraction of sp³-hybridized carbons (Fsp3) is 0.516. The SMILES string of the molecule is CC(C)(C)CNCc1ccc2c(c1)CCC[C@H]2NC(=O)C[C@@H]1CCCCN1S(=O)(=O)c1csc2ccccc12. The van der Waals surface area contributed by atoms with Crippen molar-refractivity contribution >= 4 is 37.4 Å². The van der Waals surface area contributed by atoms with Gasteiger partial charge in [-0.25, -0.2) is 8.42 Å². The Balaban J connectivity index is 1.26. The van der Waals surface area contributed by atoms with Crippen molar-refractivity contribution in [2.45, 2.75) is 89.2 Å². The second-order valence-electron chi connectivity index (χ2n) is 12.3. The van der Waals surface area contributed by atoms with E-state index in [1.54, 1.807) is 9.69 Å². The maximum atomic E-state index is 13.8. The van der Waals surface area contributed by atoms with Crippen LogP contribution in [0, 0.1) is 5.41 Å². The van der Waals surface area contributed by atoms with Crippen molar-refractivity contribution in [3.8, 4) is 0 Å². The number of hydrogen-bond donors (Lipinski definition) is 2. The van der Waals surface area contributed by atoms with Crippen molar-refractivity contribution in [3.63, 3.8) is 0 Å². The third kappa shape index (κ3) is 6.56. The van der Waals surface area contributed by atoms with Gasteiger partial charge in [-0.15, -0.1) is 11.3 Å². The molecule has 2 aromatic carbocycles. The van der Waals surface area contributed by atoms with Crippen LogP contribution in [-0.4, -0.2) is 37.8 Å². The van der Waals surface area contributed by atoms with Crippen molar-refractivity contribution in [2.24, 2.45) is 5.41 Å². The molecule has 0 radical (unpaired) electrons. The molecule has 1 aliphatic heterocycles. The first-order valence-electron chi connectivity index (χ1n) is 14.2. The smallest absolute Gasteiger partial charge is 0.244 e. The lowest BCUT2D eigenvalue weighted by Crippen LogP contribution is -2.46. The Morgan fingerprint density at radius 3 is 2.72 bits per heavy atom. The summed E-state index contributed by atoms with van der Waals surface area (Å²) in [6.07, 6.45) is 5.63. The van der Waals surface area contributed by atoms with Crippen LogP contribution in [0.25, 0.3) is 10.1 Å². The molecule has 2 aliphatic rings. The summed E-state index contributed by atoms with van der Waals surface area (Å²) in [7, 11) is -3.69. The Morgan fingerprint density at radius 2 is 1.90 bits per heavy atom. The van der Waals surface area contributed by atoms with Crippen LogP contribution in [-0.2, 0) is 27.8 Å². The van der Waals surface area contributed by atoms with Gasteiger partial charge in [0.1, 0.15) is 4.90 Å². The minimum absolute atomic E-state index is 0.0210. The molecule has 2 heterocycles. The van der Waals surface area contributed by atoms with E-state index in [1.807, 2.05) is 24.3 Å². The van der Waals surface area contributed by atoms with Crippen LogP contribution in [0.5, 0.6) is 0 Å². The standard InChI is InChI=1S/C31H41N3O3S2/c1-31(2,3)21-32-19-22-14-15-25-23(17-22)9-8-12-27(25)33-30(35)18-24-10-6-7-16-34(24)39(36,37)29-20-38-28-13-5-4-11-26(28)29/h4-5,11,13-15,17,20,24,27,32H,6-10,12,16,18-19,21H2,1-3H3,(H,33,35)/t24-,27+/m0/s1. The molecule has 2 N–H and O–H groups in total. The van der Waals surface area contributed by atoms with Gasteiger partial charge in [0.05, 0.1) is 6.04 Å². The van der Waals surface area contributed by atoms with E-state index in [4.69, 9.17) is 0 Å². The van der Waals surface area contributed by atoms with Crippen LogP contribution < -0.4 is 10.6 Å². The number of thiophene rings is 1. The van der Waals surface area contributed by atoms with Gasteiger partial charge in [0.25, 0.3) is 0 Å². The van der Waals surface area contributed by atoms with Gasteiger partial charge in [-0.3, -0.25) is 4.79 Å². The van der Waals surface area contributed by atoms with Crippen molar-refractivity contribution in [1.82, 2.24) is 14.9 Å². The maximum absolute atomic E-state index is 13.8. The van der Waals surface area contributed by atoms with Gasteiger partial charge in [0, 0.05) is 47.6 Å². The molecule has 0 saturated carbocycles. The van der Waals surface area contributed by atoms with Crippen LogP contribution >= 0.6 is 11.3 Å². The third-order valence-electron chi connectivity index (χ3n) is 7.87. The number of carbonyl (C=O) groups excluding carboxylic acids is 1. The van der Waals surface area contributed by atoms with Crippen LogP contribution in [0.2, 0.25) is 0 Å². The van der Waals surface area contributed by atoms with Crippen molar-refractivity contribution in [2.75, 3.05) is 13.1 Å². The summed E-state index contributed by atoms with van der Waals surface area (Å²) in [5.74, 6) is -0.0638. The summed E-state index contributed by atoms with van der Waals surface area (Å²) in [4.78, 5) is 13.7. The zero-order valence-corrected chi connectivity index (χ0v) is 25.0. The van der Waals surface area contributed by atoms with Gasteiger partial charge in [-0.1, -0.05) is 63.6 Å². The largest absolute Gasteiger partial charge is 0.349 e. The van der Waals surface area contributed by atoms with Crippen LogP contribution in [0.1, 0.15) is 82.0 Å². The van der Waals surface area contributed by atoms with Gasteiger partial charge in [0.2, 0.25) is 15.9 Å². The molecule has 1 aliphatic carbocycles. The fourth-order valence-corrected chi connectivity index (χ4v) is 9.12. The molecule has 0 bridgehead atoms. The minimum Gasteiger partial charge on any atom is -0.349 e. The number of aryl methyl sites for hydroxylation is 1. The molecule has 1 fully saturated rings. The Kier molecular flexibility index (Phi) is 8.48. The summed E-state index contributed by atoms with van der Waals surface area (Å²) in [5.41, 5.74) is 4.03. The summed E-state index contributed by atoms with van der Waals surface area (Å²) < 4.78 is 30.1. The number of carbonyl (C=O) groups is 1. The number of nitrogens with one attached hydrogen (secondary N) is 2. The molecule has 39 heavy (non-hydrogen) atoms. The van der Waals surface area contributed by atoms with Gasteiger partial charge in [-0.05, 0) is 60.3 Å². The number of rotatable bonds is 8. The molecule has 0 spiro atoms. The van der Waals surface area contributed by atoms with E-state index in [9.17, 15) is 13.2 Å². The van der Waals surface area contributed by atoms with E-state index in [0.29, 0.717) is 17.9 Å². The first-order chi connectivity index (χ1) is 18.6. The van der Waals surface area contributed by atoms with Crippen LogP contribution in [0.4, 0.5) is 0 Å². The topological polar surface area (TPSA) is 78.5 Å². The first kappa shape index (κ1) is 28.3. The number of fused-ring (bicyclic) bond motifs is 2. The zero-order chi connectivity index (χ0) is 27.6. The van der Waals surface area contributed by atoms with Crippen LogP contribution in [0.15, 0.2) is 52.7 Å². The van der Waals surface area contributed by atoms with E-state index in [2.05, 4.69) is 49.6 Å². The first-order valence-corrected chi connectivity index (χ1v) is 16.5. The lowest BCUT2D eigenvalue weighted by atomic mass is 9.86. The molecule has 6 nitrogen and oxygen atoms in total. The van der Waals surface area contributed by atoms with Crippen LogP contribution in [0.3, 0.4) is 0 Å². The number of nitrogens with zero attached hydrogens (tertiary/aromatic N) is 1. The average Bonchev–Trinajstić information content (AvgIpc) is 3.33. The molecular formula is C31H41N3O3S2. The highest BCUT2D eigenvalue weighted by atomic mass is 32.2. The zero-order valence-electron chi connectivity index (χ0n) is 23.3. The fourth-order valence-electron chi connectivity index (χ4n) is 5.95. The molecule has 0 unspecified atom stereocenters. The minimum atomic E-state index is -3.69. The molecule has 1 saturated heterocycles. The number of sulfonamides is 1. The highest BCUT2D eigenvalue weighted by Gasteiger charge is 2.36. The third-order valence-corrected chi connectivity index (χ3v) is 11.0. The quantitative estimate of drug-likeness (QED) is 0.342. The lowest BCUT2D eigenvalue weighted by Gasteiger charge is -2.35. The monoisotopic (exact) mass is 567 g/mol. The Bertz CT molecular complexity index is 1420. The van der Waals surface area contributed by atoms with E-state index >= 15 is 0 Å². The average molecular weight is 568 g/mol. The van der Waals surface area contributed by atoms with E-state index in [-0.39, 0.29) is 29.8 Å². The second kappa shape index (κ2) is 11.7. The van der Waals surface area contributed by atoms with E-state index < -0.39 is 10.0 Å². The molecule has 1 amide bonds. The molecule has 5 rings (SSSR count). The van der Waals surface area contributed by atoms with E-state index in [0.717, 1.165) is 55.3 Å². The van der Waals surface area contributed by atoms with Gasteiger partial charge in [0.15, 0.2) is 0 Å². The summed E-state index contributed by atoms with van der Waals surface area (Å²) in [5, 5.41) is 9.33. The number of benzene rings is 2. The van der Waals surface area contributed by atoms with Gasteiger partial charge >= 0.3 is 0 Å². The van der Waals surface area contributed by atoms with Crippen molar-refractivity contribution in [1.29, 1.82) is 0 Å².